The van der Waals surface area contributed by atoms with Crippen LogP contribution < -0.4 is 9.64 Å². The second-order valence-corrected chi connectivity index (χ2v) is 4.94. The molecule has 1 fully saturated rings. The van der Waals surface area contributed by atoms with Gasteiger partial charge in [0.15, 0.2) is 0 Å². The lowest BCUT2D eigenvalue weighted by molar-refractivity contribution is -0.274. The number of piperazine rings is 1. The first kappa shape index (κ1) is 14.6. The van der Waals surface area contributed by atoms with Crippen molar-refractivity contribution in [2.75, 3.05) is 31.1 Å². The summed E-state index contributed by atoms with van der Waals surface area (Å²) in [6.07, 6.45) is -4.74. The molecule has 0 atom stereocenters. The van der Waals surface area contributed by atoms with Gasteiger partial charge in [-0.15, -0.1) is 13.2 Å². The summed E-state index contributed by atoms with van der Waals surface area (Å²) >= 11 is 11.6. The Labute approximate surface area is 118 Å². The van der Waals surface area contributed by atoms with Crippen LogP contribution in [0.25, 0.3) is 0 Å². The van der Waals surface area contributed by atoms with Crippen LogP contribution in [0, 0.1) is 0 Å². The summed E-state index contributed by atoms with van der Waals surface area (Å²) in [4.78, 5) is 2.00. The van der Waals surface area contributed by atoms with Crippen LogP contribution in [0.5, 0.6) is 5.75 Å². The molecule has 0 amide bonds. The third-order valence-corrected chi connectivity index (χ3v) is 3.36. The average Bonchev–Trinajstić information content (AvgIpc) is 2.31. The van der Waals surface area contributed by atoms with Crippen molar-refractivity contribution in [3.63, 3.8) is 0 Å². The standard InChI is InChI=1S/C11H11Cl2F3N2O/c12-9-7-8(17-3-5-18(13)6-4-17)1-2-10(9)19-11(14,15)16/h1-2,7H,3-6H2. The minimum absolute atomic E-state index is 0.0665. The van der Waals surface area contributed by atoms with Crippen molar-refractivity contribution in [2.45, 2.75) is 6.36 Å². The molecule has 1 aliphatic rings. The molecule has 8 heteroatoms. The van der Waals surface area contributed by atoms with Gasteiger partial charge in [0.25, 0.3) is 0 Å². The van der Waals surface area contributed by atoms with Crippen molar-refractivity contribution >= 4 is 29.1 Å². The Hall–Kier alpha value is -0.850. The van der Waals surface area contributed by atoms with E-state index in [1.165, 1.54) is 12.1 Å². The van der Waals surface area contributed by atoms with Gasteiger partial charge in [-0.3, -0.25) is 0 Å². The van der Waals surface area contributed by atoms with Gasteiger partial charge in [0.05, 0.1) is 5.02 Å². The molecule has 1 saturated heterocycles. The molecule has 1 aliphatic heterocycles. The second-order valence-electron chi connectivity index (χ2n) is 4.06. The molecule has 0 aromatic heterocycles. The highest BCUT2D eigenvalue weighted by Crippen LogP contribution is 2.33. The Bertz CT molecular complexity index is 448. The topological polar surface area (TPSA) is 15.7 Å². The molecule has 1 heterocycles. The Kier molecular flexibility index (Phi) is 4.32. The van der Waals surface area contributed by atoms with Gasteiger partial charge in [0.1, 0.15) is 5.75 Å². The van der Waals surface area contributed by atoms with E-state index >= 15 is 0 Å². The minimum Gasteiger partial charge on any atom is -0.404 e. The van der Waals surface area contributed by atoms with Crippen molar-refractivity contribution < 1.29 is 17.9 Å². The third kappa shape index (κ3) is 4.06. The van der Waals surface area contributed by atoms with E-state index in [4.69, 9.17) is 23.4 Å². The predicted octanol–water partition coefficient (Wildman–Crippen LogP) is 3.51. The number of hydrogen-bond donors (Lipinski definition) is 0. The fourth-order valence-corrected chi connectivity index (χ4v) is 2.20. The molecule has 1 aromatic rings. The molecule has 1 aromatic carbocycles. The van der Waals surface area contributed by atoms with Gasteiger partial charge in [0, 0.05) is 31.9 Å². The monoisotopic (exact) mass is 314 g/mol. The lowest BCUT2D eigenvalue weighted by Crippen LogP contribution is -2.42. The molecule has 106 valence electrons. The van der Waals surface area contributed by atoms with Gasteiger partial charge in [-0.2, -0.15) is 0 Å². The summed E-state index contributed by atoms with van der Waals surface area (Å²) in [7, 11) is 0. The van der Waals surface area contributed by atoms with E-state index in [1.54, 1.807) is 10.5 Å². The molecule has 2 rings (SSSR count). The number of benzene rings is 1. The summed E-state index contributed by atoms with van der Waals surface area (Å²) in [6, 6.07) is 4.24. The zero-order valence-corrected chi connectivity index (χ0v) is 11.3. The molecule has 0 radical (unpaired) electrons. The zero-order chi connectivity index (χ0) is 14.0. The molecule has 0 unspecified atom stereocenters. The maximum Gasteiger partial charge on any atom is 0.573 e. The van der Waals surface area contributed by atoms with Crippen LogP contribution in [0.15, 0.2) is 18.2 Å². The van der Waals surface area contributed by atoms with Crippen molar-refractivity contribution in [3.8, 4) is 5.75 Å². The number of hydrogen-bond acceptors (Lipinski definition) is 3. The van der Waals surface area contributed by atoms with E-state index in [9.17, 15) is 13.2 Å². The molecule has 0 aliphatic carbocycles. The molecule has 3 nitrogen and oxygen atoms in total. The lowest BCUT2D eigenvalue weighted by Gasteiger charge is -2.32. The lowest BCUT2D eigenvalue weighted by atomic mass is 10.2. The van der Waals surface area contributed by atoms with Crippen LogP contribution in [0.3, 0.4) is 0 Å². The SMILES string of the molecule is FC(F)(F)Oc1ccc(N2CCN(Cl)CC2)cc1Cl. The minimum atomic E-state index is -4.74. The molecule has 19 heavy (non-hydrogen) atoms. The predicted molar refractivity (Wildman–Crippen MR) is 67.8 cm³/mol. The average molecular weight is 315 g/mol. The van der Waals surface area contributed by atoms with Crippen LogP contribution in [-0.4, -0.2) is 37.0 Å². The number of ether oxygens (including phenoxy) is 1. The number of nitrogens with zero attached hydrogens (tertiary/aromatic N) is 2. The van der Waals surface area contributed by atoms with Gasteiger partial charge in [0.2, 0.25) is 0 Å². The van der Waals surface area contributed by atoms with Crippen LogP contribution >= 0.6 is 23.4 Å². The summed E-state index contributed by atoms with van der Waals surface area (Å²) < 4.78 is 41.8. The van der Waals surface area contributed by atoms with E-state index in [2.05, 4.69) is 4.74 Å². The normalized spacial score (nSPS) is 17.6. The number of rotatable bonds is 2. The first-order valence-electron chi connectivity index (χ1n) is 5.56. The van der Waals surface area contributed by atoms with Crippen LogP contribution in [-0.2, 0) is 0 Å². The van der Waals surface area contributed by atoms with Crippen molar-refractivity contribution in [2.24, 2.45) is 0 Å². The highest BCUT2D eigenvalue weighted by Gasteiger charge is 2.32. The second kappa shape index (κ2) is 5.64. The third-order valence-electron chi connectivity index (χ3n) is 2.73. The quantitative estimate of drug-likeness (QED) is 0.777. The number of halogens is 5. The van der Waals surface area contributed by atoms with Crippen LogP contribution in [0.1, 0.15) is 0 Å². The highest BCUT2D eigenvalue weighted by molar-refractivity contribution is 6.32. The fourth-order valence-electron chi connectivity index (χ4n) is 1.83. The molecular weight excluding hydrogens is 304 g/mol. The molecule has 0 spiro atoms. The zero-order valence-electron chi connectivity index (χ0n) is 9.75. The first-order valence-corrected chi connectivity index (χ1v) is 6.28. The Morgan fingerprint density at radius 3 is 2.26 bits per heavy atom. The Balaban J connectivity index is 2.10. The number of anilines is 1. The van der Waals surface area contributed by atoms with Crippen LogP contribution in [0.2, 0.25) is 5.02 Å². The summed E-state index contributed by atoms with van der Waals surface area (Å²) in [5, 5.41) is -0.0665. The van der Waals surface area contributed by atoms with Gasteiger partial charge < -0.3 is 9.64 Å². The highest BCUT2D eigenvalue weighted by atomic mass is 35.5. The van der Waals surface area contributed by atoms with E-state index < -0.39 is 12.1 Å². The summed E-state index contributed by atoms with van der Waals surface area (Å²) in [5.41, 5.74) is 0.754. The van der Waals surface area contributed by atoms with Gasteiger partial charge in [-0.05, 0) is 30.0 Å². The Morgan fingerprint density at radius 1 is 1.11 bits per heavy atom. The van der Waals surface area contributed by atoms with Gasteiger partial charge >= 0.3 is 6.36 Å². The number of alkyl halides is 3. The first-order chi connectivity index (χ1) is 8.85. The van der Waals surface area contributed by atoms with Crippen molar-refractivity contribution in [1.82, 2.24) is 4.42 Å². The van der Waals surface area contributed by atoms with Gasteiger partial charge in [-0.1, -0.05) is 11.6 Å². The Morgan fingerprint density at radius 2 is 1.74 bits per heavy atom. The smallest absolute Gasteiger partial charge is 0.404 e. The largest absolute Gasteiger partial charge is 0.573 e. The van der Waals surface area contributed by atoms with Crippen LogP contribution in [0.4, 0.5) is 18.9 Å². The summed E-state index contributed by atoms with van der Waals surface area (Å²) in [6.45, 7) is 2.75. The maximum absolute atomic E-state index is 12.1. The maximum atomic E-state index is 12.1. The van der Waals surface area contributed by atoms with Crippen molar-refractivity contribution in [3.05, 3.63) is 23.2 Å². The van der Waals surface area contributed by atoms with E-state index in [1.807, 2.05) is 4.90 Å². The van der Waals surface area contributed by atoms with E-state index in [0.29, 0.717) is 26.2 Å². The van der Waals surface area contributed by atoms with E-state index in [-0.39, 0.29) is 5.02 Å². The van der Waals surface area contributed by atoms with E-state index in [0.717, 1.165) is 5.69 Å². The van der Waals surface area contributed by atoms with Crippen molar-refractivity contribution in [1.29, 1.82) is 0 Å². The molecule has 0 saturated carbocycles. The molecule has 0 N–H and O–H groups in total. The summed E-state index contributed by atoms with van der Waals surface area (Å²) in [5.74, 6) is -0.395. The fraction of sp³-hybridized carbons (Fsp3) is 0.455. The van der Waals surface area contributed by atoms with Gasteiger partial charge in [-0.25, -0.2) is 4.42 Å². The molecular formula is C11H11Cl2F3N2O. The molecule has 0 bridgehead atoms.